The van der Waals surface area contributed by atoms with Crippen LogP contribution in [0.15, 0.2) is 42.5 Å². The molecule has 3 rings (SSSR count). The molecule has 1 unspecified atom stereocenters. The molecule has 2 aromatic rings. The van der Waals surface area contributed by atoms with Crippen molar-refractivity contribution in [3.8, 4) is 5.75 Å². The molecular weight excluding hydrogens is 274 g/mol. The Labute approximate surface area is 132 Å². The van der Waals surface area contributed by atoms with Crippen LogP contribution in [0.25, 0.3) is 0 Å². The summed E-state index contributed by atoms with van der Waals surface area (Å²) in [6.45, 7) is 8.48. The molecule has 3 nitrogen and oxygen atoms in total. The van der Waals surface area contributed by atoms with E-state index in [9.17, 15) is 0 Å². The number of benzene rings is 2. The fourth-order valence-electron chi connectivity index (χ4n) is 2.73. The van der Waals surface area contributed by atoms with E-state index in [2.05, 4.69) is 62.1 Å². The smallest absolute Gasteiger partial charge is 0.119 e. The van der Waals surface area contributed by atoms with Crippen LogP contribution < -0.4 is 9.64 Å². The Morgan fingerprint density at radius 2 is 1.77 bits per heavy atom. The molecule has 22 heavy (non-hydrogen) atoms. The molecule has 1 fully saturated rings. The van der Waals surface area contributed by atoms with E-state index in [1.807, 2.05) is 6.07 Å². The van der Waals surface area contributed by atoms with Gasteiger partial charge in [-0.25, -0.2) is 0 Å². The summed E-state index contributed by atoms with van der Waals surface area (Å²) in [4.78, 5) is 2.24. The van der Waals surface area contributed by atoms with Crippen LogP contribution in [-0.4, -0.2) is 26.0 Å². The van der Waals surface area contributed by atoms with Gasteiger partial charge in [0.25, 0.3) is 0 Å². The van der Waals surface area contributed by atoms with Crippen LogP contribution in [0.1, 0.15) is 16.7 Å². The maximum Gasteiger partial charge on any atom is 0.119 e. The molecule has 3 heteroatoms. The number of ether oxygens (including phenoxy) is 2. The van der Waals surface area contributed by atoms with Crippen molar-refractivity contribution in [2.75, 3.05) is 24.8 Å². The zero-order valence-electron chi connectivity index (χ0n) is 13.5. The highest BCUT2D eigenvalue weighted by atomic mass is 16.5. The highest BCUT2D eigenvalue weighted by Gasteiger charge is 2.23. The van der Waals surface area contributed by atoms with E-state index >= 15 is 0 Å². The molecule has 0 aromatic heterocycles. The van der Waals surface area contributed by atoms with Crippen molar-refractivity contribution in [3.63, 3.8) is 0 Å². The van der Waals surface area contributed by atoms with Crippen LogP contribution in [0.2, 0.25) is 0 Å². The number of rotatable bonds is 4. The number of aryl methyl sites for hydroxylation is 2. The highest BCUT2D eigenvalue weighted by molar-refractivity contribution is 5.46. The zero-order valence-corrected chi connectivity index (χ0v) is 13.5. The minimum Gasteiger partial charge on any atom is -0.491 e. The fourth-order valence-corrected chi connectivity index (χ4v) is 2.73. The van der Waals surface area contributed by atoms with Crippen molar-refractivity contribution in [2.24, 2.45) is 0 Å². The second kappa shape index (κ2) is 6.41. The van der Waals surface area contributed by atoms with Crippen molar-refractivity contribution < 1.29 is 9.47 Å². The summed E-state index contributed by atoms with van der Waals surface area (Å²) in [6, 6.07) is 14.6. The van der Waals surface area contributed by atoms with Gasteiger partial charge in [-0.1, -0.05) is 18.2 Å². The highest BCUT2D eigenvalue weighted by Crippen LogP contribution is 2.23. The van der Waals surface area contributed by atoms with E-state index in [-0.39, 0.29) is 6.10 Å². The summed E-state index contributed by atoms with van der Waals surface area (Å²) in [7, 11) is 0. The zero-order chi connectivity index (χ0) is 15.5. The Morgan fingerprint density at radius 3 is 2.45 bits per heavy atom. The molecule has 1 aliphatic heterocycles. The van der Waals surface area contributed by atoms with Gasteiger partial charge in [0.1, 0.15) is 25.2 Å². The molecule has 0 N–H and O–H groups in total. The third-order valence-corrected chi connectivity index (χ3v) is 4.35. The van der Waals surface area contributed by atoms with Gasteiger partial charge >= 0.3 is 0 Å². The van der Waals surface area contributed by atoms with Gasteiger partial charge in [-0.05, 0) is 61.7 Å². The predicted octanol–water partition coefficient (Wildman–Crippen LogP) is 3.85. The van der Waals surface area contributed by atoms with Crippen LogP contribution in [0.5, 0.6) is 5.75 Å². The molecule has 116 valence electrons. The summed E-state index contributed by atoms with van der Waals surface area (Å²) in [5, 5.41) is 0. The van der Waals surface area contributed by atoms with Gasteiger partial charge in [-0.3, -0.25) is 0 Å². The summed E-state index contributed by atoms with van der Waals surface area (Å²) >= 11 is 0. The first-order chi connectivity index (χ1) is 10.6. The summed E-state index contributed by atoms with van der Waals surface area (Å²) in [6.07, 6.45) is 0.113. The van der Waals surface area contributed by atoms with Gasteiger partial charge in [0.2, 0.25) is 0 Å². The Balaban J connectivity index is 1.57. The molecule has 0 bridgehead atoms. The van der Waals surface area contributed by atoms with Crippen LogP contribution in [-0.2, 0) is 4.74 Å². The maximum absolute atomic E-state index is 5.94. The van der Waals surface area contributed by atoms with Crippen molar-refractivity contribution in [3.05, 3.63) is 59.2 Å². The molecule has 1 saturated heterocycles. The average molecular weight is 297 g/mol. The van der Waals surface area contributed by atoms with Crippen LogP contribution >= 0.6 is 0 Å². The maximum atomic E-state index is 5.94. The molecule has 1 aliphatic rings. The summed E-state index contributed by atoms with van der Waals surface area (Å²) in [5.74, 6) is 0.933. The quantitative estimate of drug-likeness (QED) is 0.855. The third kappa shape index (κ3) is 3.25. The number of anilines is 1. The van der Waals surface area contributed by atoms with Gasteiger partial charge in [0.05, 0.1) is 0 Å². The van der Waals surface area contributed by atoms with Gasteiger partial charge in [0, 0.05) is 12.2 Å². The molecular formula is C19H23NO2. The summed E-state index contributed by atoms with van der Waals surface area (Å²) < 4.78 is 11.8. The van der Waals surface area contributed by atoms with Gasteiger partial charge in [0.15, 0.2) is 0 Å². The first-order valence-corrected chi connectivity index (χ1v) is 7.76. The fraction of sp³-hybridized carbons (Fsp3) is 0.368. The number of hydrogen-bond donors (Lipinski definition) is 0. The molecule has 0 spiro atoms. The van der Waals surface area contributed by atoms with Crippen LogP contribution in [0.3, 0.4) is 0 Å². The lowest BCUT2D eigenvalue weighted by Crippen LogP contribution is -2.25. The van der Waals surface area contributed by atoms with E-state index in [0.717, 1.165) is 12.3 Å². The lowest BCUT2D eigenvalue weighted by Gasteiger charge is -2.16. The minimum atomic E-state index is 0.113. The number of hydrogen-bond acceptors (Lipinski definition) is 3. The van der Waals surface area contributed by atoms with Crippen molar-refractivity contribution in [1.82, 2.24) is 0 Å². The Morgan fingerprint density at radius 1 is 1.09 bits per heavy atom. The predicted molar refractivity (Wildman–Crippen MR) is 89.7 cm³/mol. The van der Waals surface area contributed by atoms with E-state index in [4.69, 9.17) is 9.47 Å². The standard InChI is InChI=1S/C19H23NO2/c1-14-9-18(10-15(2)16(14)3)21-12-19-11-20(13-22-19)17-7-5-4-6-8-17/h4-10,19H,11-13H2,1-3H3. The monoisotopic (exact) mass is 297 g/mol. The third-order valence-electron chi connectivity index (χ3n) is 4.35. The molecule has 2 aromatic carbocycles. The Kier molecular flexibility index (Phi) is 4.34. The largest absolute Gasteiger partial charge is 0.491 e. The average Bonchev–Trinajstić information content (AvgIpc) is 3.00. The van der Waals surface area contributed by atoms with Crippen molar-refractivity contribution >= 4 is 5.69 Å². The van der Waals surface area contributed by atoms with Crippen molar-refractivity contribution in [1.29, 1.82) is 0 Å². The molecule has 0 amide bonds. The molecule has 0 radical (unpaired) electrons. The number of nitrogens with zero attached hydrogens (tertiary/aromatic N) is 1. The first kappa shape index (κ1) is 14.9. The first-order valence-electron chi connectivity index (χ1n) is 7.76. The minimum absolute atomic E-state index is 0.113. The molecule has 0 aliphatic carbocycles. The Bertz CT molecular complexity index is 616. The molecule has 0 saturated carbocycles. The Hall–Kier alpha value is -2.00. The number of para-hydroxylation sites is 1. The van der Waals surface area contributed by atoms with Crippen molar-refractivity contribution in [2.45, 2.75) is 26.9 Å². The van der Waals surface area contributed by atoms with Crippen LogP contribution in [0, 0.1) is 20.8 Å². The molecule has 1 heterocycles. The van der Waals surface area contributed by atoms with Gasteiger partial charge < -0.3 is 14.4 Å². The SMILES string of the molecule is Cc1cc(OCC2CN(c3ccccc3)CO2)cc(C)c1C. The lowest BCUT2D eigenvalue weighted by atomic mass is 10.0. The molecule has 1 atom stereocenters. The van der Waals surface area contributed by atoms with Crippen LogP contribution in [0.4, 0.5) is 5.69 Å². The topological polar surface area (TPSA) is 21.7 Å². The van der Waals surface area contributed by atoms with Gasteiger partial charge in [-0.2, -0.15) is 0 Å². The lowest BCUT2D eigenvalue weighted by molar-refractivity contribution is 0.0733. The van der Waals surface area contributed by atoms with E-state index in [1.54, 1.807) is 0 Å². The van der Waals surface area contributed by atoms with Gasteiger partial charge in [-0.15, -0.1) is 0 Å². The second-order valence-electron chi connectivity index (χ2n) is 5.97. The second-order valence-corrected chi connectivity index (χ2v) is 5.97. The normalized spacial score (nSPS) is 17.8. The summed E-state index contributed by atoms with van der Waals surface area (Å²) in [5.41, 5.74) is 5.08. The van der Waals surface area contributed by atoms with E-state index in [0.29, 0.717) is 13.3 Å². The van der Waals surface area contributed by atoms with E-state index in [1.165, 1.54) is 22.4 Å². The van der Waals surface area contributed by atoms with E-state index < -0.39 is 0 Å².